The van der Waals surface area contributed by atoms with Gasteiger partial charge in [0.15, 0.2) is 6.29 Å². The summed E-state index contributed by atoms with van der Waals surface area (Å²) in [5.74, 6) is -0.215. The van der Waals surface area contributed by atoms with Crippen LogP contribution in [0.1, 0.15) is 258 Å². The molecule has 1 aliphatic heterocycles. The van der Waals surface area contributed by atoms with Gasteiger partial charge in [-0.1, -0.05) is 232 Å². The third-order valence-corrected chi connectivity index (χ3v) is 12.8. The number of hydrogen-bond acceptors (Lipinski definition) is 8. The van der Waals surface area contributed by atoms with Gasteiger partial charge in [-0.15, -0.1) is 0 Å². The molecule has 1 aliphatic rings. The van der Waals surface area contributed by atoms with Crippen LogP contribution in [0, 0.1) is 0 Å². The van der Waals surface area contributed by atoms with Crippen LogP contribution >= 0.6 is 0 Å². The summed E-state index contributed by atoms with van der Waals surface area (Å²) in [7, 11) is 0. The largest absolute Gasteiger partial charge is 0.390 e. The normalized spacial score (nSPS) is 21.1. The molecular weight excluding hydrogens is 743 g/mol. The molecule has 0 aliphatic carbocycles. The molecule has 0 unspecified atom stereocenters. The van der Waals surface area contributed by atoms with Crippen LogP contribution in [-0.4, -0.2) is 87.0 Å². The zero-order chi connectivity index (χ0) is 43.2. The van der Waals surface area contributed by atoms with Crippen molar-refractivity contribution in [3.8, 4) is 0 Å². The van der Waals surface area contributed by atoms with Gasteiger partial charge in [0.1, 0.15) is 24.4 Å². The highest BCUT2D eigenvalue weighted by Crippen LogP contribution is 2.23. The van der Waals surface area contributed by atoms with Gasteiger partial charge in [0, 0.05) is 6.42 Å². The van der Waals surface area contributed by atoms with Gasteiger partial charge >= 0.3 is 0 Å². The number of aliphatic hydroxyl groups is 5. The summed E-state index contributed by atoms with van der Waals surface area (Å²) < 4.78 is 11.3. The molecule has 0 radical (unpaired) electrons. The molecule has 352 valence electrons. The van der Waals surface area contributed by atoms with E-state index in [0.717, 1.165) is 38.5 Å². The fourth-order valence-electron chi connectivity index (χ4n) is 8.56. The maximum absolute atomic E-state index is 13.0. The van der Waals surface area contributed by atoms with E-state index in [0.29, 0.717) is 12.8 Å². The lowest BCUT2D eigenvalue weighted by atomic mass is 9.98. The van der Waals surface area contributed by atoms with Gasteiger partial charge in [0.05, 0.1) is 24.9 Å². The van der Waals surface area contributed by atoms with Crippen LogP contribution in [0.2, 0.25) is 0 Å². The summed E-state index contributed by atoms with van der Waals surface area (Å²) >= 11 is 0. The Labute approximate surface area is 364 Å². The van der Waals surface area contributed by atoms with E-state index < -0.39 is 49.0 Å². The molecule has 1 heterocycles. The van der Waals surface area contributed by atoms with Crippen LogP contribution in [0.3, 0.4) is 0 Å². The summed E-state index contributed by atoms with van der Waals surface area (Å²) in [4.78, 5) is 13.0. The lowest BCUT2D eigenvalue weighted by Crippen LogP contribution is -2.58. The molecule has 9 heteroatoms. The predicted molar refractivity (Wildman–Crippen MR) is 244 cm³/mol. The molecule has 0 saturated carbocycles. The van der Waals surface area contributed by atoms with E-state index in [2.05, 4.69) is 19.2 Å². The van der Waals surface area contributed by atoms with Crippen molar-refractivity contribution in [3.05, 3.63) is 0 Å². The molecule has 8 atom stereocenters. The molecule has 0 aromatic carbocycles. The first kappa shape index (κ1) is 56.2. The van der Waals surface area contributed by atoms with Crippen molar-refractivity contribution >= 4 is 5.91 Å². The van der Waals surface area contributed by atoms with Crippen LogP contribution < -0.4 is 5.32 Å². The second kappa shape index (κ2) is 40.0. The maximum atomic E-state index is 13.0. The standard InChI is InChI=1S/C50H99NO8/c1-4-6-8-10-12-14-16-18-19-20-21-22-23-24-25-26-27-28-30-32-34-36-38-40-45(53)51-43(41-58-50-49(57)48(56)46(54)42(3)59-50)47(55)44(52)39-37-35-33-31-29-17-15-13-11-9-7-5-2/h42-44,46-50,52,54-57H,4-41H2,1-3H3,(H,51,53)/t42-,43-,44+,46+,47-,48-,49-,50+/m0/s1. The van der Waals surface area contributed by atoms with E-state index >= 15 is 0 Å². The van der Waals surface area contributed by atoms with Crippen LogP contribution in [0.4, 0.5) is 0 Å². The number of unbranched alkanes of at least 4 members (excludes halogenated alkanes) is 33. The Balaban J connectivity index is 2.23. The van der Waals surface area contributed by atoms with Crippen molar-refractivity contribution < 1.29 is 39.8 Å². The summed E-state index contributed by atoms with van der Waals surface area (Å²) in [6.07, 6.45) is 37.1. The van der Waals surface area contributed by atoms with E-state index in [9.17, 15) is 30.3 Å². The summed E-state index contributed by atoms with van der Waals surface area (Å²) in [6.45, 7) is 5.88. The Kier molecular flexibility index (Phi) is 38.1. The average Bonchev–Trinajstić information content (AvgIpc) is 3.23. The number of carbonyl (C=O) groups excluding carboxylic acids is 1. The van der Waals surface area contributed by atoms with Crippen molar-refractivity contribution in [1.82, 2.24) is 5.32 Å². The van der Waals surface area contributed by atoms with Gasteiger partial charge in [0.25, 0.3) is 0 Å². The van der Waals surface area contributed by atoms with Crippen molar-refractivity contribution in [3.63, 3.8) is 0 Å². The second-order valence-corrected chi connectivity index (χ2v) is 18.5. The Morgan fingerprint density at radius 2 is 0.847 bits per heavy atom. The van der Waals surface area contributed by atoms with E-state index in [1.54, 1.807) is 6.92 Å². The quantitative estimate of drug-likeness (QED) is 0.0332. The molecule has 9 nitrogen and oxygen atoms in total. The number of aliphatic hydroxyl groups excluding tert-OH is 5. The SMILES string of the molecule is CCCCCCCCCCCCCCCCCCCCCCCCCC(=O)N[C@@H](CO[C@@H]1O[C@@H](C)[C@@H](O)[C@H](O)[C@@H]1O)[C@H](O)[C@H](O)CCCCCCCCCCCCCC. The summed E-state index contributed by atoms with van der Waals surface area (Å²) in [5, 5.41) is 55.7. The minimum absolute atomic E-state index is 0.215. The Bertz CT molecular complexity index is 910. The predicted octanol–water partition coefficient (Wildman–Crippen LogP) is 11.5. The van der Waals surface area contributed by atoms with Crippen molar-refractivity contribution in [1.29, 1.82) is 0 Å². The van der Waals surface area contributed by atoms with E-state index in [4.69, 9.17) is 9.47 Å². The molecule has 1 amide bonds. The molecule has 0 bridgehead atoms. The molecular formula is C50H99NO8. The van der Waals surface area contributed by atoms with Crippen LogP contribution in [-0.2, 0) is 14.3 Å². The second-order valence-electron chi connectivity index (χ2n) is 18.5. The van der Waals surface area contributed by atoms with Gasteiger partial charge < -0.3 is 40.3 Å². The number of ether oxygens (including phenoxy) is 2. The molecule has 1 fully saturated rings. The van der Waals surface area contributed by atoms with E-state index in [-0.39, 0.29) is 12.5 Å². The lowest BCUT2D eigenvalue weighted by Gasteiger charge is -2.39. The monoisotopic (exact) mass is 842 g/mol. The topological polar surface area (TPSA) is 149 Å². The first-order valence-electron chi connectivity index (χ1n) is 25.7. The van der Waals surface area contributed by atoms with Crippen LogP contribution in [0.25, 0.3) is 0 Å². The zero-order valence-corrected chi connectivity index (χ0v) is 38.9. The molecule has 59 heavy (non-hydrogen) atoms. The molecule has 1 saturated heterocycles. The molecule has 0 aromatic rings. The number of amides is 1. The Hall–Kier alpha value is -0.810. The van der Waals surface area contributed by atoms with E-state index in [1.807, 2.05) is 0 Å². The third kappa shape index (κ3) is 30.8. The average molecular weight is 842 g/mol. The van der Waals surface area contributed by atoms with E-state index in [1.165, 1.54) is 186 Å². The smallest absolute Gasteiger partial charge is 0.220 e. The Morgan fingerprint density at radius 3 is 1.22 bits per heavy atom. The summed E-state index contributed by atoms with van der Waals surface area (Å²) in [5.41, 5.74) is 0. The fraction of sp³-hybridized carbons (Fsp3) is 0.980. The van der Waals surface area contributed by atoms with Gasteiger partial charge in [-0.3, -0.25) is 4.79 Å². The zero-order valence-electron chi connectivity index (χ0n) is 38.9. The van der Waals surface area contributed by atoms with Gasteiger partial charge in [-0.2, -0.15) is 0 Å². The Morgan fingerprint density at radius 1 is 0.508 bits per heavy atom. The number of rotatable bonds is 43. The minimum Gasteiger partial charge on any atom is -0.390 e. The number of nitrogens with one attached hydrogen (secondary N) is 1. The highest BCUT2D eigenvalue weighted by molar-refractivity contribution is 5.76. The van der Waals surface area contributed by atoms with Crippen molar-refractivity contribution in [2.75, 3.05) is 6.61 Å². The third-order valence-electron chi connectivity index (χ3n) is 12.8. The highest BCUT2D eigenvalue weighted by Gasteiger charge is 2.43. The maximum Gasteiger partial charge on any atom is 0.220 e. The molecule has 6 N–H and O–H groups in total. The lowest BCUT2D eigenvalue weighted by molar-refractivity contribution is -0.295. The number of hydrogen-bond donors (Lipinski definition) is 6. The van der Waals surface area contributed by atoms with Gasteiger partial charge in [0.2, 0.25) is 5.91 Å². The van der Waals surface area contributed by atoms with Crippen LogP contribution in [0.5, 0.6) is 0 Å². The molecule has 0 aromatic heterocycles. The van der Waals surface area contributed by atoms with Crippen molar-refractivity contribution in [2.45, 2.75) is 307 Å². The number of carbonyl (C=O) groups is 1. The molecule has 1 rings (SSSR count). The minimum atomic E-state index is -1.49. The highest BCUT2D eigenvalue weighted by atomic mass is 16.7. The van der Waals surface area contributed by atoms with Gasteiger partial charge in [-0.25, -0.2) is 0 Å². The first-order valence-corrected chi connectivity index (χ1v) is 25.7. The summed E-state index contributed by atoms with van der Waals surface area (Å²) in [6, 6.07) is -0.922. The van der Waals surface area contributed by atoms with Crippen LogP contribution in [0.15, 0.2) is 0 Å². The molecule has 0 spiro atoms. The fourth-order valence-corrected chi connectivity index (χ4v) is 8.56. The van der Waals surface area contributed by atoms with Gasteiger partial charge in [-0.05, 0) is 19.8 Å². The van der Waals surface area contributed by atoms with Crippen molar-refractivity contribution in [2.24, 2.45) is 0 Å². The first-order chi connectivity index (χ1) is 28.7.